The van der Waals surface area contributed by atoms with Crippen molar-refractivity contribution in [3.63, 3.8) is 0 Å². The third-order valence-electron chi connectivity index (χ3n) is 3.70. The number of aryl methyl sites for hydroxylation is 3. The van der Waals surface area contributed by atoms with Gasteiger partial charge in [-0.3, -0.25) is 4.79 Å². The maximum Gasteiger partial charge on any atom is 0.234 e. The van der Waals surface area contributed by atoms with E-state index in [-0.39, 0.29) is 11.7 Å². The van der Waals surface area contributed by atoms with Crippen LogP contribution in [0.25, 0.3) is 10.2 Å². The molecule has 0 spiro atoms. The summed E-state index contributed by atoms with van der Waals surface area (Å²) in [6.07, 6.45) is 0. The molecule has 3 N–H and O–H groups in total. The van der Waals surface area contributed by atoms with Crippen LogP contribution in [0.5, 0.6) is 0 Å². The highest BCUT2D eigenvalue weighted by atomic mass is 32.2. The lowest BCUT2D eigenvalue weighted by molar-refractivity contribution is -0.113. The summed E-state index contributed by atoms with van der Waals surface area (Å²) in [7, 11) is 0. The van der Waals surface area contributed by atoms with Crippen LogP contribution in [0.3, 0.4) is 0 Å². The summed E-state index contributed by atoms with van der Waals surface area (Å²) in [5, 5.41) is 4.31. The fourth-order valence-corrected chi connectivity index (χ4v) is 4.03. The topological polar surface area (TPSA) is 80.9 Å². The van der Waals surface area contributed by atoms with Gasteiger partial charge in [-0.25, -0.2) is 9.97 Å². The number of aromatic nitrogens is 2. The van der Waals surface area contributed by atoms with Gasteiger partial charge in [0.25, 0.3) is 0 Å². The van der Waals surface area contributed by atoms with E-state index in [9.17, 15) is 4.79 Å². The van der Waals surface area contributed by atoms with Crippen LogP contribution in [0.15, 0.2) is 29.4 Å². The van der Waals surface area contributed by atoms with Gasteiger partial charge >= 0.3 is 0 Å². The normalized spacial score (nSPS) is 11.0. The zero-order valence-corrected chi connectivity index (χ0v) is 15.3. The van der Waals surface area contributed by atoms with E-state index in [1.165, 1.54) is 16.6 Å². The lowest BCUT2D eigenvalue weighted by Gasteiger charge is -2.06. The number of carbonyl (C=O) groups is 1. The Bertz CT molecular complexity index is 903. The molecule has 0 saturated heterocycles. The smallest absolute Gasteiger partial charge is 0.234 e. The molecule has 1 amide bonds. The number of thioether (sulfide) groups is 1. The summed E-state index contributed by atoms with van der Waals surface area (Å²) in [4.78, 5) is 23.0. The van der Waals surface area contributed by atoms with Crippen LogP contribution in [0, 0.1) is 20.8 Å². The Hall–Kier alpha value is -2.12. The largest absolute Gasteiger partial charge is 0.383 e. The molecular weight excluding hydrogens is 340 g/mol. The van der Waals surface area contributed by atoms with Gasteiger partial charge < -0.3 is 11.1 Å². The maximum atomic E-state index is 12.1. The number of benzene rings is 1. The van der Waals surface area contributed by atoms with Gasteiger partial charge in [0.1, 0.15) is 10.6 Å². The van der Waals surface area contributed by atoms with E-state index in [1.807, 2.05) is 45.0 Å². The molecule has 3 rings (SSSR count). The molecule has 0 atom stereocenters. The van der Waals surface area contributed by atoms with E-state index < -0.39 is 0 Å². The highest BCUT2D eigenvalue weighted by molar-refractivity contribution is 7.99. The Balaban J connectivity index is 1.69. The second-order valence-corrected chi connectivity index (χ2v) is 7.70. The first kappa shape index (κ1) is 16.7. The molecule has 0 aliphatic rings. The number of carbonyl (C=O) groups excluding carboxylic acids is 1. The average Bonchev–Trinajstić information content (AvgIpc) is 2.82. The molecule has 0 radical (unpaired) electrons. The van der Waals surface area contributed by atoms with Gasteiger partial charge in [-0.15, -0.1) is 11.3 Å². The number of hydrogen-bond donors (Lipinski definition) is 2. The fraction of sp³-hybridized carbons (Fsp3) is 0.235. The zero-order valence-electron chi connectivity index (χ0n) is 13.7. The molecule has 0 fully saturated rings. The molecule has 2 heterocycles. The molecule has 0 bridgehead atoms. The van der Waals surface area contributed by atoms with Gasteiger partial charge in [-0.2, -0.15) is 0 Å². The van der Waals surface area contributed by atoms with Crippen LogP contribution in [0.1, 0.15) is 16.0 Å². The van der Waals surface area contributed by atoms with Gasteiger partial charge in [0.05, 0.1) is 11.1 Å². The Kier molecular flexibility index (Phi) is 4.73. The van der Waals surface area contributed by atoms with Crippen molar-refractivity contribution in [1.29, 1.82) is 0 Å². The van der Waals surface area contributed by atoms with Crippen molar-refractivity contribution in [3.8, 4) is 0 Å². The zero-order chi connectivity index (χ0) is 17.3. The molecule has 24 heavy (non-hydrogen) atoms. The van der Waals surface area contributed by atoms with E-state index in [0.29, 0.717) is 11.0 Å². The second kappa shape index (κ2) is 6.78. The minimum atomic E-state index is -0.0929. The third kappa shape index (κ3) is 3.52. The second-order valence-electron chi connectivity index (χ2n) is 5.56. The van der Waals surface area contributed by atoms with Crippen molar-refractivity contribution < 1.29 is 4.79 Å². The minimum absolute atomic E-state index is 0.0929. The Morgan fingerprint density at radius 1 is 1.21 bits per heavy atom. The van der Waals surface area contributed by atoms with Gasteiger partial charge in [-0.05, 0) is 38.5 Å². The Labute approximate surface area is 148 Å². The summed E-state index contributed by atoms with van der Waals surface area (Å²) >= 11 is 2.89. The SMILES string of the molecule is Cc1ccc(NC(=O)CSc2nc(N)c3c(C)c(C)sc3n2)cc1. The molecule has 0 aliphatic carbocycles. The number of nitrogens with zero attached hydrogens (tertiary/aromatic N) is 2. The lowest BCUT2D eigenvalue weighted by Crippen LogP contribution is -2.14. The fourth-order valence-electron chi connectivity index (χ4n) is 2.29. The van der Waals surface area contributed by atoms with Crippen molar-refractivity contribution >= 4 is 50.7 Å². The van der Waals surface area contributed by atoms with Crippen molar-refractivity contribution in [1.82, 2.24) is 9.97 Å². The van der Waals surface area contributed by atoms with Crippen molar-refractivity contribution in [2.75, 3.05) is 16.8 Å². The first-order chi connectivity index (χ1) is 11.4. The van der Waals surface area contributed by atoms with Crippen molar-refractivity contribution in [3.05, 3.63) is 40.3 Å². The molecule has 0 aliphatic heterocycles. The lowest BCUT2D eigenvalue weighted by atomic mass is 10.2. The number of fused-ring (bicyclic) bond motifs is 1. The molecule has 0 saturated carbocycles. The van der Waals surface area contributed by atoms with Crippen LogP contribution in [0.4, 0.5) is 11.5 Å². The van der Waals surface area contributed by atoms with Gasteiger partial charge in [0.15, 0.2) is 5.16 Å². The molecule has 1 aromatic carbocycles. The number of thiophene rings is 1. The monoisotopic (exact) mass is 358 g/mol. The average molecular weight is 358 g/mol. The van der Waals surface area contributed by atoms with E-state index >= 15 is 0 Å². The highest BCUT2D eigenvalue weighted by Gasteiger charge is 2.13. The predicted molar refractivity (Wildman–Crippen MR) is 102 cm³/mol. The number of rotatable bonds is 4. The van der Waals surface area contributed by atoms with Gasteiger partial charge in [0, 0.05) is 10.6 Å². The highest BCUT2D eigenvalue weighted by Crippen LogP contribution is 2.33. The van der Waals surface area contributed by atoms with Crippen LogP contribution in [-0.2, 0) is 4.79 Å². The molecule has 7 heteroatoms. The van der Waals surface area contributed by atoms with Crippen LogP contribution in [-0.4, -0.2) is 21.6 Å². The van der Waals surface area contributed by atoms with Crippen LogP contribution >= 0.6 is 23.1 Å². The number of anilines is 2. The molecule has 2 aromatic heterocycles. The summed E-state index contributed by atoms with van der Waals surface area (Å²) < 4.78 is 0. The number of nitrogens with one attached hydrogen (secondary N) is 1. The summed E-state index contributed by atoms with van der Waals surface area (Å²) in [6, 6.07) is 7.69. The standard InChI is InChI=1S/C17H18N4OS2/c1-9-4-6-12(7-5-9)19-13(22)8-23-17-20-15(18)14-10(2)11(3)24-16(14)21-17/h4-7H,8H2,1-3H3,(H,19,22)(H2,18,20,21). The molecular formula is C17H18N4OS2. The maximum absolute atomic E-state index is 12.1. The predicted octanol–water partition coefficient (Wildman–Crippen LogP) is 3.93. The molecule has 3 aromatic rings. The molecule has 124 valence electrons. The summed E-state index contributed by atoms with van der Waals surface area (Å²) in [6.45, 7) is 6.08. The van der Waals surface area contributed by atoms with Crippen LogP contribution in [0.2, 0.25) is 0 Å². The first-order valence-corrected chi connectivity index (χ1v) is 9.27. The van der Waals surface area contributed by atoms with E-state index in [0.717, 1.165) is 27.0 Å². The van der Waals surface area contributed by atoms with E-state index in [4.69, 9.17) is 5.73 Å². The van der Waals surface area contributed by atoms with Crippen LogP contribution < -0.4 is 11.1 Å². The number of amides is 1. The molecule has 0 unspecified atom stereocenters. The Morgan fingerprint density at radius 2 is 1.92 bits per heavy atom. The number of nitrogen functional groups attached to an aromatic ring is 1. The first-order valence-electron chi connectivity index (χ1n) is 7.46. The van der Waals surface area contributed by atoms with E-state index in [2.05, 4.69) is 15.3 Å². The van der Waals surface area contributed by atoms with Gasteiger partial charge in [0.2, 0.25) is 5.91 Å². The third-order valence-corrected chi connectivity index (χ3v) is 5.65. The Morgan fingerprint density at radius 3 is 2.62 bits per heavy atom. The molecule has 5 nitrogen and oxygen atoms in total. The number of hydrogen-bond acceptors (Lipinski definition) is 6. The van der Waals surface area contributed by atoms with E-state index in [1.54, 1.807) is 11.3 Å². The minimum Gasteiger partial charge on any atom is -0.383 e. The van der Waals surface area contributed by atoms with Crippen molar-refractivity contribution in [2.45, 2.75) is 25.9 Å². The summed E-state index contributed by atoms with van der Waals surface area (Å²) in [5.41, 5.74) is 9.12. The summed E-state index contributed by atoms with van der Waals surface area (Å²) in [5.74, 6) is 0.621. The van der Waals surface area contributed by atoms with Crippen molar-refractivity contribution in [2.24, 2.45) is 0 Å². The van der Waals surface area contributed by atoms with Gasteiger partial charge in [-0.1, -0.05) is 29.5 Å². The quantitative estimate of drug-likeness (QED) is 0.545. The number of nitrogens with two attached hydrogens (primary N) is 1.